The first-order valence-electron chi connectivity index (χ1n) is 4.44. The van der Waals surface area contributed by atoms with Crippen LogP contribution >= 0.6 is 11.3 Å². The Bertz CT molecular complexity index is 278. The average Bonchev–Trinajstić information content (AvgIpc) is 2.85. The minimum absolute atomic E-state index is 0.102. The Kier molecular flexibility index (Phi) is 2.15. The third-order valence-electron chi connectivity index (χ3n) is 2.19. The van der Waals surface area contributed by atoms with Crippen LogP contribution in [0.5, 0.6) is 0 Å². The molecular weight excluding hydrogens is 170 g/mol. The number of rotatable bonds is 3. The van der Waals surface area contributed by atoms with Crippen molar-refractivity contribution in [1.29, 1.82) is 0 Å². The van der Waals surface area contributed by atoms with Crippen molar-refractivity contribution in [3.63, 3.8) is 0 Å². The summed E-state index contributed by atoms with van der Waals surface area (Å²) in [5, 5.41) is 9.80. The Hall–Kier alpha value is -0.410. The van der Waals surface area contributed by atoms with E-state index in [-0.39, 0.29) is 6.61 Å². The average molecular weight is 183 g/mol. The van der Waals surface area contributed by atoms with Crippen LogP contribution in [0.1, 0.15) is 41.3 Å². The molecule has 0 radical (unpaired) electrons. The zero-order chi connectivity index (χ0) is 8.55. The summed E-state index contributed by atoms with van der Waals surface area (Å²) < 4.78 is 0. The summed E-state index contributed by atoms with van der Waals surface area (Å²) in [5.74, 6) is 0.719. The molecule has 1 aromatic heterocycles. The van der Waals surface area contributed by atoms with Crippen LogP contribution in [0, 0.1) is 0 Å². The molecular formula is C9H13NOS. The molecule has 2 nitrogen and oxygen atoms in total. The lowest BCUT2D eigenvalue weighted by atomic mass is 10.2. The molecule has 0 saturated heterocycles. The van der Waals surface area contributed by atoms with Crippen molar-refractivity contribution in [2.45, 2.75) is 38.7 Å². The van der Waals surface area contributed by atoms with Gasteiger partial charge >= 0.3 is 0 Å². The number of nitrogens with zero attached hydrogens (tertiary/aromatic N) is 1. The second kappa shape index (κ2) is 3.15. The predicted octanol–water partition coefficient (Wildman–Crippen LogP) is 2.08. The molecule has 1 aliphatic rings. The molecule has 0 amide bonds. The molecule has 12 heavy (non-hydrogen) atoms. The normalized spacial score (nSPS) is 16.8. The lowest BCUT2D eigenvalue weighted by Gasteiger charge is -1.93. The largest absolute Gasteiger partial charge is 0.389 e. The fourth-order valence-electron chi connectivity index (χ4n) is 1.41. The molecule has 0 bridgehead atoms. The summed E-state index contributed by atoms with van der Waals surface area (Å²) in [6.45, 7) is 2.25. The van der Waals surface area contributed by atoms with Crippen molar-refractivity contribution >= 4 is 11.3 Å². The van der Waals surface area contributed by atoms with E-state index in [1.807, 2.05) is 0 Å². The van der Waals surface area contributed by atoms with Crippen molar-refractivity contribution in [2.75, 3.05) is 0 Å². The monoisotopic (exact) mass is 183 g/mol. The summed E-state index contributed by atoms with van der Waals surface area (Å²) >= 11 is 1.67. The molecule has 3 heteroatoms. The van der Waals surface area contributed by atoms with Gasteiger partial charge in [0.25, 0.3) is 0 Å². The first-order valence-corrected chi connectivity index (χ1v) is 5.26. The number of hydrogen-bond acceptors (Lipinski definition) is 3. The first kappa shape index (κ1) is 8.20. The number of aryl methyl sites for hydroxylation is 1. The number of aliphatic hydroxyl groups is 1. The predicted molar refractivity (Wildman–Crippen MR) is 49.4 cm³/mol. The van der Waals surface area contributed by atoms with E-state index in [4.69, 9.17) is 5.11 Å². The first-order chi connectivity index (χ1) is 5.85. The van der Waals surface area contributed by atoms with Gasteiger partial charge in [-0.2, -0.15) is 0 Å². The number of hydrogen-bond donors (Lipinski definition) is 1. The van der Waals surface area contributed by atoms with Crippen LogP contribution in [0.25, 0.3) is 0 Å². The summed E-state index contributed by atoms with van der Waals surface area (Å²) in [4.78, 5) is 5.81. The van der Waals surface area contributed by atoms with Crippen molar-refractivity contribution < 1.29 is 5.11 Å². The van der Waals surface area contributed by atoms with Crippen LogP contribution in [0.3, 0.4) is 0 Å². The molecule has 2 rings (SSSR count). The number of thiazole rings is 1. The van der Waals surface area contributed by atoms with Crippen LogP contribution in [-0.2, 0) is 13.0 Å². The van der Waals surface area contributed by atoms with Gasteiger partial charge in [0, 0.05) is 10.8 Å². The van der Waals surface area contributed by atoms with E-state index in [1.54, 1.807) is 11.3 Å². The van der Waals surface area contributed by atoms with Crippen LogP contribution in [0.2, 0.25) is 0 Å². The molecule has 1 N–H and O–H groups in total. The Morgan fingerprint density at radius 3 is 2.83 bits per heavy atom. The topological polar surface area (TPSA) is 33.1 Å². The van der Waals surface area contributed by atoms with Gasteiger partial charge in [0.15, 0.2) is 0 Å². The van der Waals surface area contributed by atoms with E-state index in [2.05, 4.69) is 11.9 Å². The molecule has 1 heterocycles. The van der Waals surface area contributed by atoms with E-state index >= 15 is 0 Å². The number of aromatic nitrogens is 1. The maximum Gasteiger partial charge on any atom is 0.119 e. The van der Waals surface area contributed by atoms with E-state index in [9.17, 15) is 0 Å². The standard InChI is InChI=1S/C9H13NOS/c1-2-7-9(6-3-4-6)10-8(5-11)12-7/h6,11H,2-5H2,1H3. The van der Waals surface area contributed by atoms with Crippen LogP contribution in [0.15, 0.2) is 0 Å². The fraction of sp³-hybridized carbons (Fsp3) is 0.667. The maximum atomic E-state index is 8.92. The molecule has 0 aliphatic heterocycles. The number of aliphatic hydroxyl groups excluding tert-OH is 1. The second-order valence-electron chi connectivity index (χ2n) is 3.20. The highest BCUT2D eigenvalue weighted by atomic mass is 32.1. The lowest BCUT2D eigenvalue weighted by molar-refractivity contribution is 0.281. The van der Waals surface area contributed by atoms with Gasteiger partial charge in [0.1, 0.15) is 5.01 Å². The Morgan fingerprint density at radius 2 is 2.33 bits per heavy atom. The third kappa shape index (κ3) is 1.39. The molecule has 0 spiro atoms. The van der Waals surface area contributed by atoms with Crippen LogP contribution < -0.4 is 0 Å². The van der Waals surface area contributed by atoms with Crippen LogP contribution in [0.4, 0.5) is 0 Å². The minimum Gasteiger partial charge on any atom is -0.389 e. The lowest BCUT2D eigenvalue weighted by Crippen LogP contribution is -1.86. The van der Waals surface area contributed by atoms with Crippen LogP contribution in [-0.4, -0.2) is 10.1 Å². The molecule has 0 aromatic carbocycles. The molecule has 0 unspecified atom stereocenters. The molecule has 0 atom stereocenters. The van der Waals surface area contributed by atoms with Crippen molar-refractivity contribution in [2.24, 2.45) is 0 Å². The van der Waals surface area contributed by atoms with E-state index in [1.165, 1.54) is 23.4 Å². The summed E-state index contributed by atoms with van der Waals surface area (Å²) in [5.41, 5.74) is 1.27. The SMILES string of the molecule is CCc1sc(CO)nc1C1CC1. The quantitative estimate of drug-likeness (QED) is 0.778. The maximum absolute atomic E-state index is 8.92. The van der Waals surface area contributed by atoms with Gasteiger partial charge in [-0.3, -0.25) is 0 Å². The smallest absolute Gasteiger partial charge is 0.119 e. The zero-order valence-electron chi connectivity index (χ0n) is 7.21. The van der Waals surface area contributed by atoms with E-state index in [0.29, 0.717) is 0 Å². The highest BCUT2D eigenvalue weighted by molar-refractivity contribution is 7.11. The molecule has 1 aromatic rings. The van der Waals surface area contributed by atoms with Gasteiger partial charge < -0.3 is 5.11 Å². The van der Waals surface area contributed by atoms with Gasteiger partial charge in [-0.1, -0.05) is 6.92 Å². The van der Waals surface area contributed by atoms with Gasteiger partial charge in [0.2, 0.25) is 0 Å². The highest BCUT2D eigenvalue weighted by Gasteiger charge is 2.28. The highest BCUT2D eigenvalue weighted by Crippen LogP contribution is 2.42. The summed E-state index contributed by atoms with van der Waals surface area (Å²) in [6, 6.07) is 0. The van der Waals surface area contributed by atoms with Gasteiger partial charge in [-0.15, -0.1) is 11.3 Å². The second-order valence-corrected chi connectivity index (χ2v) is 4.37. The molecule has 1 aliphatic carbocycles. The summed E-state index contributed by atoms with van der Waals surface area (Å²) in [7, 11) is 0. The van der Waals surface area contributed by atoms with E-state index < -0.39 is 0 Å². The fourth-order valence-corrected chi connectivity index (χ4v) is 2.36. The van der Waals surface area contributed by atoms with Gasteiger partial charge in [0.05, 0.1) is 12.3 Å². The Balaban J connectivity index is 2.29. The van der Waals surface area contributed by atoms with E-state index in [0.717, 1.165) is 17.3 Å². The molecule has 1 saturated carbocycles. The minimum atomic E-state index is 0.102. The third-order valence-corrected chi connectivity index (χ3v) is 3.39. The zero-order valence-corrected chi connectivity index (χ0v) is 8.02. The summed E-state index contributed by atoms with van der Waals surface area (Å²) in [6.07, 6.45) is 3.65. The van der Waals surface area contributed by atoms with Crippen molar-refractivity contribution in [3.05, 3.63) is 15.6 Å². The van der Waals surface area contributed by atoms with Crippen molar-refractivity contribution in [1.82, 2.24) is 4.98 Å². The van der Waals surface area contributed by atoms with Crippen molar-refractivity contribution in [3.8, 4) is 0 Å². The molecule has 1 fully saturated rings. The van der Waals surface area contributed by atoms with Gasteiger partial charge in [-0.05, 0) is 19.3 Å². The molecule has 66 valence electrons. The Labute approximate surface area is 76.3 Å². The Morgan fingerprint density at radius 1 is 1.58 bits per heavy atom. The van der Waals surface area contributed by atoms with Gasteiger partial charge in [-0.25, -0.2) is 4.98 Å².